The lowest BCUT2D eigenvalue weighted by atomic mass is 10.1. The highest BCUT2D eigenvalue weighted by Crippen LogP contribution is 2.26. The third-order valence-electron chi connectivity index (χ3n) is 4.61. The second kappa shape index (κ2) is 6.46. The monoisotopic (exact) mass is 299 g/mol. The molecule has 0 saturated heterocycles. The maximum absolute atomic E-state index is 4.73. The maximum atomic E-state index is 4.73. The van der Waals surface area contributed by atoms with Gasteiger partial charge in [0.2, 0.25) is 5.95 Å². The molecule has 0 amide bonds. The van der Waals surface area contributed by atoms with E-state index in [0.717, 1.165) is 28.6 Å². The first-order valence-electron chi connectivity index (χ1n) is 8.25. The molecule has 2 aromatic heterocycles. The van der Waals surface area contributed by atoms with Gasteiger partial charge in [0.25, 0.3) is 0 Å². The molecule has 2 aromatic rings. The van der Waals surface area contributed by atoms with Crippen molar-refractivity contribution in [2.24, 2.45) is 7.05 Å². The number of rotatable bonds is 3. The van der Waals surface area contributed by atoms with E-state index in [2.05, 4.69) is 22.3 Å². The second-order valence-corrected chi connectivity index (χ2v) is 6.27. The Bertz CT molecular complexity index is 638. The summed E-state index contributed by atoms with van der Waals surface area (Å²) in [6.07, 6.45) is 9.60. The lowest BCUT2D eigenvalue weighted by Gasteiger charge is -2.16. The van der Waals surface area contributed by atoms with Gasteiger partial charge in [0.15, 0.2) is 0 Å². The van der Waals surface area contributed by atoms with Gasteiger partial charge in [-0.15, -0.1) is 0 Å². The molecule has 0 aromatic carbocycles. The molecule has 2 heterocycles. The van der Waals surface area contributed by atoms with Crippen molar-refractivity contribution >= 4 is 5.95 Å². The highest BCUT2D eigenvalue weighted by Gasteiger charge is 2.16. The lowest BCUT2D eigenvalue weighted by molar-refractivity contribution is 0.615. The first-order valence-corrected chi connectivity index (χ1v) is 8.25. The van der Waals surface area contributed by atoms with E-state index in [-0.39, 0.29) is 0 Å². The molecule has 3 rings (SSSR count). The van der Waals surface area contributed by atoms with E-state index >= 15 is 0 Å². The standard InChI is InChI=1S/C17H25N5/c1-12-16(13(2)22(3)21-12)15-10-11-18-17(20-15)19-14-8-6-4-5-7-9-14/h10-11,14H,4-9H2,1-3H3,(H,18,19,20). The van der Waals surface area contributed by atoms with E-state index in [4.69, 9.17) is 4.98 Å². The van der Waals surface area contributed by atoms with Crippen molar-refractivity contribution in [2.45, 2.75) is 58.4 Å². The van der Waals surface area contributed by atoms with Crippen LogP contribution in [0.25, 0.3) is 11.3 Å². The number of hydrogen-bond acceptors (Lipinski definition) is 4. The zero-order valence-corrected chi connectivity index (χ0v) is 13.8. The van der Waals surface area contributed by atoms with E-state index in [0.29, 0.717) is 6.04 Å². The fraction of sp³-hybridized carbons (Fsp3) is 0.588. The van der Waals surface area contributed by atoms with Gasteiger partial charge in [0.1, 0.15) is 0 Å². The highest BCUT2D eigenvalue weighted by atomic mass is 15.3. The fourth-order valence-corrected chi connectivity index (χ4v) is 3.32. The molecule has 1 fully saturated rings. The van der Waals surface area contributed by atoms with Crippen LogP contribution in [0.3, 0.4) is 0 Å². The van der Waals surface area contributed by atoms with Crippen LogP contribution in [0, 0.1) is 13.8 Å². The Balaban J connectivity index is 1.83. The Kier molecular flexibility index (Phi) is 4.41. The van der Waals surface area contributed by atoms with E-state index in [1.165, 1.54) is 38.5 Å². The molecule has 22 heavy (non-hydrogen) atoms. The number of nitrogens with zero attached hydrogens (tertiary/aromatic N) is 4. The molecular formula is C17H25N5. The van der Waals surface area contributed by atoms with Gasteiger partial charge in [-0.1, -0.05) is 25.7 Å². The Hall–Kier alpha value is -1.91. The van der Waals surface area contributed by atoms with Crippen molar-refractivity contribution in [2.75, 3.05) is 5.32 Å². The zero-order chi connectivity index (χ0) is 15.5. The van der Waals surface area contributed by atoms with Crippen LogP contribution in [0.4, 0.5) is 5.95 Å². The molecule has 1 N–H and O–H groups in total. The van der Waals surface area contributed by atoms with Crippen LogP contribution in [0.2, 0.25) is 0 Å². The topological polar surface area (TPSA) is 55.6 Å². The first-order chi connectivity index (χ1) is 10.6. The average molecular weight is 299 g/mol. The van der Waals surface area contributed by atoms with Gasteiger partial charge in [-0.3, -0.25) is 4.68 Å². The summed E-state index contributed by atoms with van der Waals surface area (Å²) >= 11 is 0. The molecule has 0 bridgehead atoms. The third kappa shape index (κ3) is 3.13. The van der Waals surface area contributed by atoms with Crippen molar-refractivity contribution in [1.82, 2.24) is 19.7 Å². The van der Waals surface area contributed by atoms with Crippen molar-refractivity contribution in [1.29, 1.82) is 0 Å². The molecule has 5 nitrogen and oxygen atoms in total. The van der Waals surface area contributed by atoms with Crippen LogP contribution in [0.5, 0.6) is 0 Å². The second-order valence-electron chi connectivity index (χ2n) is 6.27. The molecule has 0 unspecified atom stereocenters. The molecule has 1 aliphatic carbocycles. The number of nitrogens with one attached hydrogen (secondary N) is 1. The summed E-state index contributed by atoms with van der Waals surface area (Å²) in [7, 11) is 1.97. The molecule has 0 aliphatic heterocycles. The normalized spacial score (nSPS) is 16.5. The molecule has 0 radical (unpaired) electrons. The first kappa shape index (κ1) is 15.0. The maximum Gasteiger partial charge on any atom is 0.223 e. The Labute approximate surface area is 132 Å². The Morgan fingerprint density at radius 1 is 1.14 bits per heavy atom. The van der Waals surface area contributed by atoms with Crippen LogP contribution in [0.1, 0.15) is 49.9 Å². The number of aromatic nitrogens is 4. The molecule has 0 atom stereocenters. The van der Waals surface area contributed by atoms with Gasteiger partial charge >= 0.3 is 0 Å². The summed E-state index contributed by atoms with van der Waals surface area (Å²) in [6.45, 7) is 4.11. The fourth-order valence-electron chi connectivity index (χ4n) is 3.32. The number of aryl methyl sites for hydroxylation is 2. The van der Waals surface area contributed by atoms with Crippen molar-refractivity contribution in [3.63, 3.8) is 0 Å². The molecule has 1 saturated carbocycles. The van der Waals surface area contributed by atoms with Crippen molar-refractivity contribution in [3.8, 4) is 11.3 Å². The van der Waals surface area contributed by atoms with Crippen molar-refractivity contribution < 1.29 is 0 Å². The average Bonchev–Trinajstić information content (AvgIpc) is 2.69. The van der Waals surface area contributed by atoms with Gasteiger partial charge in [-0.25, -0.2) is 9.97 Å². The smallest absolute Gasteiger partial charge is 0.223 e. The van der Waals surface area contributed by atoms with E-state index < -0.39 is 0 Å². The lowest BCUT2D eigenvalue weighted by Crippen LogP contribution is -2.20. The number of anilines is 1. The van der Waals surface area contributed by atoms with Gasteiger partial charge in [0.05, 0.1) is 11.4 Å². The number of hydrogen-bond donors (Lipinski definition) is 1. The summed E-state index contributed by atoms with van der Waals surface area (Å²) < 4.78 is 1.91. The summed E-state index contributed by atoms with van der Waals surface area (Å²) in [5.41, 5.74) is 4.22. The van der Waals surface area contributed by atoms with Crippen LogP contribution in [0.15, 0.2) is 12.3 Å². The quantitative estimate of drug-likeness (QED) is 0.879. The summed E-state index contributed by atoms with van der Waals surface area (Å²) in [4.78, 5) is 9.13. The van der Waals surface area contributed by atoms with Crippen LogP contribution in [-0.2, 0) is 7.05 Å². The van der Waals surface area contributed by atoms with Gasteiger partial charge < -0.3 is 5.32 Å². The van der Waals surface area contributed by atoms with Crippen LogP contribution < -0.4 is 5.32 Å². The molecule has 0 spiro atoms. The van der Waals surface area contributed by atoms with Crippen molar-refractivity contribution in [3.05, 3.63) is 23.7 Å². The minimum atomic E-state index is 0.508. The van der Waals surface area contributed by atoms with E-state index in [9.17, 15) is 0 Å². The largest absolute Gasteiger partial charge is 0.351 e. The minimum Gasteiger partial charge on any atom is -0.351 e. The molecule has 1 aliphatic rings. The van der Waals surface area contributed by atoms with Gasteiger partial charge in [-0.05, 0) is 32.8 Å². The molecular weight excluding hydrogens is 274 g/mol. The van der Waals surface area contributed by atoms with E-state index in [1.807, 2.05) is 30.9 Å². The Morgan fingerprint density at radius 3 is 2.50 bits per heavy atom. The summed E-state index contributed by atoms with van der Waals surface area (Å²) in [6, 6.07) is 2.48. The van der Waals surface area contributed by atoms with Crippen LogP contribution >= 0.6 is 0 Å². The minimum absolute atomic E-state index is 0.508. The molecule has 118 valence electrons. The predicted octanol–water partition coefficient (Wildman–Crippen LogP) is 3.63. The highest BCUT2D eigenvalue weighted by molar-refractivity contribution is 5.65. The Morgan fingerprint density at radius 2 is 1.86 bits per heavy atom. The predicted molar refractivity (Wildman–Crippen MR) is 88.8 cm³/mol. The zero-order valence-electron chi connectivity index (χ0n) is 13.8. The van der Waals surface area contributed by atoms with Crippen LogP contribution in [-0.4, -0.2) is 25.8 Å². The summed E-state index contributed by atoms with van der Waals surface area (Å²) in [5, 5.41) is 8.01. The third-order valence-corrected chi connectivity index (χ3v) is 4.61. The SMILES string of the molecule is Cc1nn(C)c(C)c1-c1ccnc(NC2CCCCCC2)n1. The van der Waals surface area contributed by atoms with E-state index in [1.54, 1.807) is 0 Å². The molecule has 5 heteroatoms. The summed E-state index contributed by atoms with van der Waals surface area (Å²) in [5.74, 6) is 0.743. The van der Waals surface area contributed by atoms with Gasteiger partial charge in [-0.2, -0.15) is 5.10 Å². The van der Waals surface area contributed by atoms with Gasteiger partial charge in [0, 0.05) is 30.5 Å².